The van der Waals surface area contributed by atoms with Crippen LogP contribution in [0, 0.1) is 6.92 Å². The average Bonchev–Trinajstić information content (AvgIpc) is 2.42. The molecule has 2 aromatic carbocycles. The highest BCUT2D eigenvalue weighted by Gasteiger charge is 2.31. The molecule has 2 N–H and O–H groups in total. The van der Waals surface area contributed by atoms with Crippen LogP contribution in [0.15, 0.2) is 42.5 Å². The van der Waals surface area contributed by atoms with E-state index in [-0.39, 0.29) is 10.9 Å². The summed E-state index contributed by atoms with van der Waals surface area (Å²) in [5.41, 5.74) is 1.88. The predicted molar refractivity (Wildman–Crippen MR) is 89.2 cm³/mol. The van der Waals surface area contributed by atoms with Crippen LogP contribution >= 0.6 is 23.8 Å². The summed E-state index contributed by atoms with van der Waals surface area (Å²) < 4.78 is 40.5. The zero-order valence-electron chi connectivity index (χ0n) is 11.9. The second-order valence-electron chi connectivity index (χ2n) is 4.57. The molecule has 0 saturated heterocycles. The number of hydrogen-bond acceptors (Lipinski definition) is 2. The number of halogens is 4. The molecule has 2 aromatic rings. The van der Waals surface area contributed by atoms with Crippen molar-refractivity contribution >= 4 is 40.3 Å². The molecule has 2 rings (SSSR count). The Labute approximate surface area is 141 Å². The summed E-state index contributed by atoms with van der Waals surface area (Å²) in [7, 11) is 0. The van der Waals surface area contributed by atoms with E-state index in [1.807, 2.05) is 6.92 Å². The van der Waals surface area contributed by atoms with Crippen molar-refractivity contribution in [2.45, 2.75) is 13.3 Å². The van der Waals surface area contributed by atoms with E-state index in [2.05, 4.69) is 15.4 Å². The van der Waals surface area contributed by atoms with Crippen molar-refractivity contribution in [2.24, 2.45) is 0 Å². The van der Waals surface area contributed by atoms with Gasteiger partial charge in [0.15, 0.2) is 5.11 Å². The molecule has 122 valence electrons. The van der Waals surface area contributed by atoms with Gasteiger partial charge in [0.2, 0.25) is 0 Å². The van der Waals surface area contributed by atoms with Crippen molar-refractivity contribution in [3.05, 3.63) is 53.1 Å². The number of ether oxygens (including phenoxy) is 1. The maximum Gasteiger partial charge on any atom is 0.573 e. The number of nitrogens with one attached hydrogen (secondary N) is 2. The molecule has 0 heterocycles. The molecule has 0 unspecified atom stereocenters. The van der Waals surface area contributed by atoms with Gasteiger partial charge in [0.05, 0.1) is 0 Å². The predicted octanol–water partition coefficient (Wildman–Crippen LogP) is 5.36. The number of rotatable bonds is 3. The molecule has 0 aliphatic rings. The molecule has 0 radical (unpaired) electrons. The average molecular weight is 361 g/mol. The summed E-state index contributed by atoms with van der Waals surface area (Å²) in [6.45, 7) is 1.82. The third-order valence-corrected chi connectivity index (χ3v) is 3.45. The Morgan fingerprint density at radius 1 is 1.13 bits per heavy atom. The fourth-order valence-corrected chi connectivity index (χ4v) is 2.20. The number of anilines is 2. The first-order chi connectivity index (χ1) is 10.7. The van der Waals surface area contributed by atoms with Crippen molar-refractivity contribution < 1.29 is 17.9 Å². The SMILES string of the molecule is Cc1c(Cl)cccc1NC(=S)Nc1cccc(OC(F)(F)F)c1. The number of thiocarbonyl (C=S) groups is 1. The fourth-order valence-electron chi connectivity index (χ4n) is 1.80. The van der Waals surface area contributed by atoms with Gasteiger partial charge in [-0.1, -0.05) is 23.7 Å². The summed E-state index contributed by atoms with van der Waals surface area (Å²) >= 11 is 11.2. The van der Waals surface area contributed by atoms with Crippen LogP contribution in [0.2, 0.25) is 5.02 Å². The first-order valence-corrected chi connectivity index (χ1v) is 7.22. The summed E-state index contributed by atoms with van der Waals surface area (Å²) in [5.74, 6) is -0.329. The van der Waals surface area contributed by atoms with Gasteiger partial charge in [-0.2, -0.15) is 0 Å². The van der Waals surface area contributed by atoms with E-state index in [0.29, 0.717) is 16.4 Å². The van der Waals surface area contributed by atoms with Crippen LogP contribution in [-0.4, -0.2) is 11.5 Å². The Kier molecular flexibility index (Phi) is 5.33. The van der Waals surface area contributed by atoms with Crippen LogP contribution in [0.4, 0.5) is 24.5 Å². The Hall–Kier alpha value is -1.99. The van der Waals surface area contributed by atoms with E-state index in [1.165, 1.54) is 18.2 Å². The van der Waals surface area contributed by atoms with Crippen molar-refractivity contribution in [1.29, 1.82) is 0 Å². The molecule has 23 heavy (non-hydrogen) atoms. The maximum atomic E-state index is 12.2. The minimum Gasteiger partial charge on any atom is -0.406 e. The monoisotopic (exact) mass is 360 g/mol. The van der Waals surface area contributed by atoms with Crippen molar-refractivity contribution in [1.82, 2.24) is 0 Å². The first-order valence-electron chi connectivity index (χ1n) is 6.43. The molecule has 0 aliphatic carbocycles. The summed E-state index contributed by atoms with van der Waals surface area (Å²) in [6, 6.07) is 10.7. The highest BCUT2D eigenvalue weighted by molar-refractivity contribution is 7.80. The molecular weight excluding hydrogens is 349 g/mol. The lowest BCUT2D eigenvalue weighted by molar-refractivity contribution is -0.274. The molecule has 0 atom stereocenters. The topological polar surface area (TPSA) is 33.3 Å². The van der Waals surface area contributed by atoms with Crippen molar-refractivity contribution in [3.8, 4) is 5.75 Å². The fraction of sp³-hybridized carbons (Fsp3) is 0.133. The molecule has 0 amide bonds. The van der Waals surface area contributed by atoms with E-state index in [4.69, 9.17) is 23.8 Å². The maximum absolute atomic E-state index is 12.2. The molecular formula is C15H12ClF3N2OS. The Morgan fingerprint density at radius 3 is 2.52 bits per heavy atom. The summed E-state index contributed by atoms with van der Waals surface area (Å²) in [6.07, 6.45) is -4.74. The minimum absolute atomic E-state index is 0.222. The zero-order valence-corrected chi connectivity index (χ0v) is 13.4. The zero-order chi connectivity index (χ0) is 17.0. The van der Waals surface area contributed by atoms with Gasteiger partial charge in [-0.15, -0.1) is 13.2 Å². The molecule has 0 aliphatic heterocycles. The van der Waals surface area contributed by atoms with Crippen LogP contribution in [0.25, 0.3) is 0 Å². The third-order valence-electron chi connectivity index (χ3n) is 2.84. The Balaban J connectivity index is 2.06. The first kappa shape index (κ1) is 17.4. The lowest BCUT2D eigenvalue weighted by atomic mass is 10.2. The van der Waals surface area contributed by atoms with Gasteiger partial charge in [-0.25, -0.2) is 0 Å². The van der Waals surface area contributed by atoms with E-state index < -0.39 is 6.36 Å². The van der Waals surface area contributed by atoms with Crippen molar-refractivity contribution in [3.63, 3.8) is 0 Å². The largest absolute Gasteiger partial charge is 0.573 e. The smallest absolute Gasteiger partial charge is 0.406 e. The highest BCUT2D eigenvalue weighted by Crippen LogP contribution is 2.26. The van der Waals surface area contributed by atoms with Gasteiger partial charge in [-0.05, 0) is 49.0 Å². The Morgan fingerprint density at radius 2 is 1.83 bits per heavy atom. The molecule has 0 saturated carbocycles. The van der Waals surface area contributed by atoms with E-state index in [1.54, 1.807) is 24.3 Å². The van der Waals surface area contributed by atoms with Gasteiger partial charge in [-0.3, -0.25) is 0 Å². The molecule has 0 spiro atoms. The molecule has 3 nitrogen and oxygen atoms in total. The number of alkyl halides is 3. The molecule has 0 aromatic heterocycles. The van der Waals surface area contributed by atoms with E-state index in [0.717, 1.165) is 5.56 Å². The second-order valence-corrected chi connectivity index (χ2v) is 5.38. The third kappa shape index (κ3) is 5.30. The standard InChI is InChI=1S/C15H12ClF3N2OS/c1-9-12(16)6-3-7-13(9)21-14(23)20-10-4-2-5-11(8-10)22-15(17,18)19/h2-8H,1H3,(H2,20,21,23). The molecule has 8 heteroatoms. The summed E-state index contributed by atoms with van der Waals surface area (Å²) in [4.78, 5) is 0. The number of benzene rings is 2. The highest BCUT2D eigenvalue weighted by atomic mass is 35.5. The Bertz CT molecular complexity index is 722. The van der Waals surface area contributed by atoms with Crippen LogP contribution in [0.1, 0.15) is 5.56 Å². The summed E-state index contributed by atoms with van der Waals surface area (Å²) in [5, 5.41) is 6.54. The lowest BCUT2D eigenvalue weighted by Gasteiger charge is -2.14. The van der Waals surface area contributed by atoms with Crippen molar-refractivity contribution in [2.75, 3.05) is 10.6 Å². The molecule has 0 fully saturated rings. The minimum atomic E-state index is -4.74. The van der Waals surface area contributed by atoms with Crippen LogP contribution in [0.3, 0.4) is 0 Å². The van der Waals surface area contributed by atoms with Gasteiger partial charge < -0.3 is 15.4 Å². The van der Waals surface area contributed by atoms with Gasteiger partial charge in [0, 0.05) is 22.5 Å². The van der Waals surface area contributed by atoms with E-state index in [9.17, 15) is 13.2 Å². The van der Waals surface area contributed by atoms with Gasteiger partial charge in [0.25, 0.3) is 0 Å². The van der Waals surface area contributed by atoms with Crippen LogP contribution < -0.4 is 15.4 Å². The van der Waals surface area contributed by atoms with Crippen LogP contribution in [0.5, 0.6) is 5.75 Å². The second kappa shape index (κ2) is 7.06. The normalized spacial score (nSPS) is 11.0. The quantitative estimate of drug-likeness (QED) is 0.722. The number of hydrogen-bond donors (Lipinski definition) is 2. The van der Waals surface area contributed by atoms with Gasteiger partial charge >= 0.3 is 6.36 Å². The van der Waals surface area contributed by atoms with E-state index >= 15 is 0 Å². The van der Waals surface area contributed by atoms with Gasteiger partial charge in [0.1, 0.15) is 5.75 Å². The molecule has 0 bridgehead atoms. The lowest BCUT2D eigenvalue weighted by Crippen LogP contribution is -2.20. The van der Waals surface area contributed by atoms with Crippen LogP contribution in [-0.2, 0) is 0 Å².